The number of hydrogen-bond acceptors (Lipinski definition) is 5. The number of rotatable bonds is 6. The summed E-state index contributed by atoms with van der Waals surface area (Å²) in [5.41, 5.74) is 7.04. The van der Waals surface area contributed by atoms with Crippen LogP contribution in [0.4, 0.5) is 0 Å². The molecule has 7 nitrogen and oxygen atoms in total. The molecule has 0 radical (unpaired) electrons. The maximum Gasteiger partial charge on any atom is 0.231 e. The fourth-order valence-electron chi connectivity index (χ4n) is 3.05. The van der Waals surface area contributed by atoms with Crippen LogP contribution < -0.4 is 20.2 Å². The first kappa shape index (κ1) is 19.2. The summed E-state index contributed by atoms with van der Waals surface area (Å²) in [6, 6.07) is 8.12. The Morgan fingerprint density at radius 3 is 2.89 bits per heavy atom. The average molecular weight is 388 g/mol. The predicted octanol–water partition coefficient (Wildman–Crippen LogP) is 2.66. The van der Waals surface area contributed by atoms with Crippen molar-refractivity contribution in [3.8, 4) is 17.2 Å². The summed E-state index contributed by atoms with van der Waals surface area (Å²) in [7, 11) is 1.66. The maximum atomic E-state index is 5.49. The van der Waals surface area contributed by atoms with Crippen LogP contribution >= 0.6 is 12.2 Å². The standard InChI is InChI=1S/C19H24N4O3S/c1-12(10-24-4)21-19(27)22-20-9-15-7-13(2)23(14(15)3)16-5-6-17-18(8-16)26-11-25-17/h5-9,12H,10-11H2,1-4H3,(H2,21,22,27)/b20-9-/t12-/m1/s1. The summed E-state index contributed by atoms with van der Waals surface area (Å²) >= 11 is 5.22. The van der Waals surface area contributed by atoms with Crippen LogP contribution in [-0.4, -0.2) is 42.4 Å². The molecule has 1 aliphatic heterocycles. The van der Waals surface area contributed by atoms with Crippen LogP contribution in [0.15, 0.2) is 29.4 Å². The van der Waals surface area contributed by atoms with Gasteiger partial charge >= 0.3 is 0 Å². The molecule has 1 aromatic heterocycles. The van der Waals surface area contributed by atoms with E-state index in [-0.39, 0.29) is 12.8 Å². The van der Waals surface area contributed by atoms with E-state index in [1.807, 2.05) is 25.1 Å². The molecule has 0 saturated heterocycles. The Balaban J connectivity index is 1.71. The maximum absolute atomic E-state index is 5.49. The Hall–Kier alpha value is -2.58. The molecule has 0 fully saturated rings. The van der Waals surface area contributed by atoms with E-state index in [1.54, 1.807) is 13.3 Å². The number of fused-ring (bicyclic) bond motifs is 1. The van der Waals surface area contributed by atoms with Gasteiger partial charge in [-0.15, -0.1) is 0 Å². The normalized spacial score (nSPS) is 13.8. The lowest BCUT2D eigenvalue weighted by atomic mass is 10.2. The van der Waals surface area contributed by atoms with Crippen molar-refractivity contribution in [2.75, 3.05) is 20.5 Å². The number of hydrazone groups is 1. The molecule has 2 N–H and O–H groups in total. The predicted molar refractivity (Wildman–Crippen MR) is 109 cm³/mol. The van der Waals surface area contributed by atoms with E-state index in [0.717, 1.165) is 34.1 Å². The van der Waals surface area contributed by atoms with Crippen LogP contribution in [0.1, 0.15) is 23.9 Å². The monoisotopic (exact) mass is 388 g/mol. The Labute approximate surface area is 164 Å². The minimum absolute atomic E-state index is 0.112. The largest absolute Gasteiger partial charge is 0.454 e. The lowest BCUT2D eigenvalue weighted by Gasteiger charge is -2.13. The summed E-state index contributed by atoms with van der Waals surface area (Å²) in [5, 5.41) is 7.80. The highest BCUT2D eigenvalue weighted by Crippen LogP contribution is 2.34. The minimum Gasteiger partial charge on any atom is -0.454 e. The SMILES string of the molecule is COC[C@@H](C)NC(=S)N/N=C\c1cc(C)n(-c2ccc3c(c2)OCO3)c1C. The molecule has 27 heavy (non-hydrogen) atoms. The van der Waals surface area contributed by atoms with E-state index in [0.29, 0.717) is 11.7 Å². The quantitative estimate of drug-likeness (QED) is 0.450. The second-order valence-electron chi connectivity index (χ2n) is 6.40. The van der Waals surface area contributed by atoms with Gasteiger partial charge in [-0.1, -0.05) is 0 Å². The fraction of sp³-hybridized carbons (Fsp3) is 0.368. The highest BCUT2D eigenvalue weighted by atomic mass is 32.1. The summed E-state index contributed by atoms with van der Waals surface area (Å²) in [6.45, 7) is 6.93. The number of benzene rings is 1. The Bertz CT molecular complexity index is 863. The van der Waals surface area contributed by atoms with Crippen LogP contribution in [0.25, 0.3) is 5.69 Å². The Morgan fingerprint density at radius 2 is 2.11 bits per heavy atom. The molecule has 8 heteroatoms. The summed E-state index contributed by atoms with van der Waals surface area (Å²) in [6.07, 6.45) is 1.76. The van der Waals surface area contributed by atoms with Gasteiger partial charge in [-0.25, -0.2) is 0 Å². The molecular weight excluding hydrogens is 364 g/mol. The molecule has 1 aliphatic rings. The van der Waals surface area contributed by atoms with Gasteiger partial charge in [0.25, 0.3) is 0 Å². The van der Waals surface area contributed by atoms with Crippen LogP contribution in [0, 0.1) is 13.8 Å². The number of aromatic nitrogens is 1. The van der Waals surface area contributed by atoms with Crippen molar-refractivity contribution in [3.05, 3.63) is 41.2 Å². The van der Waals surface area contributed by atoms with Gasteiger partial charge in [0.2, 0.25) is 6.79 Å². The van der Waals surface area contributed by atoms with Crippen LogP contribution in [-0.2, 0) is 4.74 Å². The lowest BCUT2D eigenvalue weighted by Crippen LogP contribution is -2.40. The number of aryl methyl sites for hydroxylation is 1. The number of nitrogens with zero attached hydrogens (tertiary/aromatic N) is 2. The van der Waals surface area contributed by atoms with Crippen molar-refractivity contribution in [1.29, 1.82) is 0 Å². The van der Waals surface area contributed by atoms with Crippen molar-refractivity contribution in [3.63, 3.8) is 0 Å². The van der Waals surface area contributed by atoms with E-state index in [4.69, 9.17) is 26.4 Å². The summed E-state index contributed by atoms with van der Waals surface area (Å²) in [5.74, 6) is 1.54. The highest BCUT2D eigenvalue weighted by Gasteiger charge is 2.16. The third-order valence-corrected chi connectivity index (χ3v) is 4.46. The van der Waals surface area contributed by atoms with Crippen molar-refractivity contribution in [2.45, 2.75) is 26.8 Å². The zero-order valence-corrected chi connectivity index (χ0v) is 16.7. The second-order valence-corrected chi connectivity index (χ2v) is 6.81. The first-order valence-corrected chi connectivity index (χ1v) is 9.08. The number of hydrogen-bond donors (Lipinski definition) is 2. The molecule has 0 unspecified atom stereocenters. The van der Waals surface area contributed by atoms with Gasteiger partial charge in [-0.2, -0.15) is 5.10 Å². The number of ether oxygens (including phenoxy) is 3. The van der Waals surface area contributed by atoms with Crippen molar-refractivity contribution in [2.24, 2.45) is 5.10 Å². The molecule has 3 rings (SSSR count). The Kier molecular flexibility index (Phi) is 5.98. The molecule has 0 aliphatic carbocycles. The van der Waals surface area contributed by atoms with Crippen molar-refractivity contribution < 1.29 is 14.2 Å². The molecule has 2 heterocycles. The van der Waals surface area contributed by atoms with Gasteiger partial charge in [-0.3, -0.25) is 5.43 Å². The van der Waals surface area contributed by atoms with E-state index in [2.05, 4.69) is 40.3 Å². The molecule has 0 amide bonds. The third kappa shape index (κ3) is 4.40. The van der Waals surface area contributed by atoms with Gasteiger partial charge in [0.05, 0.1) is 12.8 Å². The average Bonchev–Trinajstić information content (AvgIpc) is 3.19. The molecule has 0 bridgehead atoms. The molecule has 1 aromatic carbocycles. The number of thiocarbonyl (C=S) groups is 1. The number of nitrogens with one attached hydrogen (secondary N) is 2. The first-order valence-electron chi connectivity index (χ1n) is 8.67. The van der Waals surface area contributed by atoms with E-state index >= 15 is 0 Å². The molecule has 0 spiro atoms. The zero-order chi connectivity index (χ0) is 19.4. The van der Waals surface area contributed by atoms with Crippen molar-refractivity contribution in [1.82, 2.24) is 15.3 Å². The van der Waals surface area contributed by atoms with Gasteiger partial charge in [0.1, 0.15) is 0 Å². The lowest BCUT2D eigenvalue weighted by molar-refractivity contribution is 0.174. The highest BCUT2D eigenvalue weighted by molar-refractivity contribution is 7.80. The van der Waals surface area contributed by atoms with E-state index in [1.165, 1.54) is 0 Å². The van der Waals surface area contributed by atoms with Gasteiger partial charge < -0.3 is 24.1 Å². The van der Waals surface area contributed by atoms with Crippen LogP contribution in [0.3, 0.4) is 0 Å². The van der Waals surface area contributed by atoms with Crippen molar-refractivity contribution >= 4 is 23.5 Å². The van der Waals surface area contributed by atoms with Gasteiger partial charge in [0, 0.05) is 41.9 Å². The van der Waals surface area contributed by atoms with E-state index < -0.39 is 0 Å². The molecule has 2 aromatic rings. The second kappa shape index (κ2) is 8.41. The molecule has 1 atom stereocenters. The topological polar surface area (TPSA) is 69.0 Å². The molecular formula is C19H24N4O3S. The van der Waals surface area contributed by atoms with E-state index in [9.17, 15) is 0 Å². The Morgan fingerprint density at radius 1 is 1.33 bits per heavy atom. The number of methoxy groups -OCH3 is 1. The summed E-state index contributed by atoms with van der Waals surface area (Å²) in [4.78, 5) is 0. The zero-order valence-electron chi connectivity index (χ0n) is 15.9. The molecule has 0 saturated carbocycles. The van der Waals surface area contributed by atoms with Crippen LogP contribution in [0.5, 0.6) is 11.5 Å². The summed E-state index contributed by atoms with van der Waals surface area (Å²) < 4.78 is 18.1. The van der Waals surface area contributed by atoms with Gasteiger partial charge in [0.15, 0.2) is 16.6 Å². The molecule has 144 valence electrons. The van der Waals surface area contributed by atoms with Gasteiger partial charge in [-0.05, 0) is 51.2 Å². The minimum atomic E-state index is 0.112. The van der Waals surface area contributed by atoms with Crippen LogP contribution in [0.2, 0.25) is 0 Å². The first-order chi connectivity index (χ1) is 13.0. The third-order valence-electron chi connectivity index (χ3n) is 4.25. The smallest absolute Gasteiger partial charge is 0.231 e. The fourth-order valence-corrected chi connectivity index (χ4v) is 3.30.